The van der Waals surface area contributed by atoms with Crippen molar-refractivity contribution in [3.63, 3.8) is 0 Å². The van der Waals surface area contributed by atoms with Crippen molar-refractivity contribution in [2.45, 2.75) is 77.1 Å². The molecule has 0 atom stereocenters. The summed E-state index contributed by atoms with van der Waals surface area (Å²) in [4.78, 5) is 0. The lowest BCUT2D eigenvalue weighted by Crippen LogP contribution is -2.41. The van der Waals surface area contributed by atoms with Crippen LogP contribution in [0.15, 0.2) is 24.3 Å². The number of hydrogen-bond donors (Lipinski definition) is 0. The van der Waals surface area contributed by atoms with E-state index >= 15 is 0 Å². The molecule has 0 spiro atoms. The van der Waals surface area contributed by atoms with Gasteiger partial charge >= 0.3 is 0 Å². The van der Waals surface area contributed by atoms with Gasteiger partial charge in [-0.3, -0.25) is 0 Å². The Labute approximate surface area is 125 Å². The third-order valence-electron chi connectivity index (χ3n) is 4.55. The van der Waals surface area contributed by atoms with Crippen LogP contribution in [0.2, 0.25) is 18.1 Å². The highest BCUT2D eigenvalue weighted by Gasteiger charge is 2.36. The van der Waals surface area contributed by atoms with Gasteiger partial charge in [-0.25, -0.2) is 0 Å². The number of benzene rings is 1. The average molecular weight is 291 g/mol. The third-order valence-corrected chi connectivity index (χ3v) is 9.61. The first kappa shape index (κ1) is 15.8. The van der Waals surface area contributed by atoms with Gasteiger partial charge in [0.05, 0.1) is 6.10 Å². The van der Waals surface area contributed by atoms with Crippen LogP contribution in [-0.4, -0.2) is 14.4 Å². The third kappa shape index (κ3) is 3.73. The van der Waals surface area contributed by atoms with Crippen molar-refractivity contribution in [3.8, 4) is 0 Å². The van der Waals surface area contributed by atoms with Crippen LogP contribution < -0.4 is 0 Å². The maximum absolute atomic E-state index is 6.84. The first-order valence-corrected chi connectivity index (χ1v) is 11.0. The second kappa shape index (κ2) is 7.42. The highest BCUT2D eigenvalue weighted by atomic mass is 28.4. The fourth-order valence-electron chi connectivity index (χ4n) is 3.87. The van der Waals surface area contributed by atoms with E-state index in [0.29, 0.717) is 6.10 Å². The summed E-state index contributed by atoms with van der Waals surface area (Å²) in [7, 11) is -1.50. The highest BCUT2D eigenvalue weighted by Crippen LogP contribution is 2.33. The quantitative estimate of drug-likeness (QED) is 0.587. The smallest absolute Gasteiger partial charge is 0.193 e. The van der Waals surface area contributed by atoms with Crippen LogP contribution in [0.5, 0.6) is 0 Å². The molecule has 2 heteroatoms. The summed E-state index contributed by atoms with van der Waals surface area (Å²) in [6, 6.07) is 12.9. The summed E-state index contributed by atoms with van der Waals surface area (Å²) < 4.78 is 6.84. The lowest BCUT2D eigenvalue weighted by atomic mass is 10.1. The number of rotatable bonds is 8. The Morgan fingerprint density at radius 2 is 1.35 bits per heavy atom. The minimum Gasteiger partial charge on any atom is -0.413 e. The van der Waals surface area contributed by atoms with Gasteiger partial charge in [0, 0.05) is 0 Å². The van der Waals surface area contributed by atoms with E-state index in [2.05, 4.69) is 45.0 Å². The Hall–Kier alpha value is -0.603. The van der Waals surface area contributed by atoms with Gasteiger partial charge in [-0.05, 0) is 42.1 Å². The SMILES string of the molecule is CCC[Si](CCC)(CCC)OC1Cc2ccccc2C1. The van der Waals surface area contributed by atoms with Gasteiger partial charge in [-0.1, -0.05) is 64.3 Å². The van der Waals surface area contributed by atoms with Crippen molar-refractivity contribution in [2.24, 2.45) is 0 Å². The molecule has 0 unspecified atom stereocenters. The summed E-state index contributed by atoms with van der Waals surface area (Å²) in [6.07, 6.45) is 6.59. The van der Waals surface area contributed by atoms with Crippen molar-refractivity contribution in [1.82, 2.24) is 0 Å². The zero-order valence-electron chi connectivity index (χ0n) is 13.5. The summed E-state index contributed by atoms with van der Waals surface area (Å²) >= 11 is 0. The maximum Gasteiger partial charge on any atom is 0.193 e. The molecule has 0 aliphatic heterocycles. The van der Waals surface area contributed by atoms with Gasteiger partial charge < -0.3 is 4.43 Å². The second-order valence-electron chi connectivity index (χ2n) is 6.35. The molecule has 112 valence electrons. The Balaban J connectivity index is 2.05. The van der Waals surface area contributed by atoms with Crippen LogP contribution in [0.4, 0.5) is 0 Å². The number of fused-ring (bicyclic) bond motifs is 1. The topological polar surface area (TPSA) is 9.23 Å². The fourth-order valence-corrected chi connectivity index (χ4v) is 8.59. The van der Waals surface area contributed by atoms with Crippen LogP contribution in [0.1, 0.15) is 51.2 Å². The second-order valence-corrected chi connectivity index (χ2v) is 10.5. The molecule has 0 heterocycles. The van der Waals surface area contributed by atoms with Gasteiger partial charge in [0.25, 0.3) is 0 Å². The predicted octanol–water partition coefficient (Wildman–Crippen LogP) is 5.35. The Bertz CT molecular complexity index is 374. The van der Waals surface area contributed by atoms with Gasteiger partial charge in [-0.2, -0.15) is 0 Å². The lowest BCUT2D eigenvalue weighted by molar-refractivity contribution is 0.195. The monoisotopic (exact) mass is 290 g/mol. The van der Waals surface area contributed by atoms with Gasteiger partial charge in [-0.15, -0.1) is 0 Å². The first-order valence-electron chi connectivity index (χ1n) is 8.47. The minimum atomic E-state index is -1.50. The zero-order chi connectivity index (χ0) is 14.4. The molecule has 20 heavy (non-hydrogen) atoms. The Kier molecular flexibility index (Phi) is 5.85. The van der Waals surface area contributed by atoms with E-state index < -0.39 is 8.32 Å². The van der Waals surface area contributed by atoms with Crippen LogP contribution >= 0.6 is 0 Å². The molecule has 0 fully saturated rings. The largest absolute Gasteiger partial charge is 0.413 e. The molecular weight excluding hydrogens is 260 g/mol. The molecule has 2 rings (SSSR count). The molecule has 0 bridgehead atoms. The molecule has 1 aromatic carbocycles. The molecule has 1 nitrogen and oxygen atoms in total. The Morgan fingerprint density at radius 3 is 1.75 bits per heavy atom. The van der Waals surface area contributed by atoms with E-state index in [9.17, 15) is 0 Å². The normalized spacial score (nSPS) is 15.6. The molecule has 1 aromatic rings. The Morgan fingerprint density at radius 1 is 0.900 bits per heavy atom. The van der Waals surface area contributed by atoms with E-state index in [0.717, 1.165) is 12.8 Å². The fraction of sp³-hybridized carbons (Fsp3) is 0.667. The molecule has 1 aliphatic carbocycles. The van der Waals surface area contributed by atoms with Gasteiger partial charge in [0.2, 0.25) is 0 Å². The van der Waals surface area contributed by atoms with Crippen molar-refractivity contribution in [2.75, 3.05) is 0 Å². The molecule has 0 amide bonds. The molecule has 0 saturated carbocycles. The molecule has 0 radical (unpaired) electrons. The molecule has 0 aromatic heterocycles. The van der Waals surface area contributed by atoms with E-state index in [1.165, 1.54) is 48.5 Å². The highest BCUT2D eigenvalue weighted by molar-refractivity contribution is 6.73. The van der Waals surface area contributed by atoms with Crippen LogP contribution in [0.25, 0.3) is 0 Å². The van der Waals surface area contributed by atoms with Crippen molar-refractivity contribution in [1.29, 1.82) is 0 Å². The van der Waals surface area contributed by atoms with E-state index in [1.807, 2.05) is 0 Å². The van der Waals surface area contributed by atoms with Gasteiger partial charge in [0.15, 0.2) is 8.32 Å². The van der Waals surface area contributed by atoms with Crippen molar-refractivity contribution >= 4 is 8.32 Å². The average Bonchev–Trinajstić information content (AvgIpc) is 2.81. The molecule has 1 aliphatic rings. The van der Waals surface area contributed by atoms with E-state index in [4.69, 9.17) is 4.43 Å². The number of hydrogen-bond acceptors (Lipinski definition) is 1. The zero-order valence-corrected chi connectivity index (χ0v) is 14.5. The van der Waals surface area contributed by atoms with E-state index in [-0.39, 0.29) is 0 Å². The maximum atomic E-state index is 6.84. The summed E-state index contributed by atoms with van der Waals surface area (Å²) in [6.45, 7) is 6.96. The van der Waals surface area contributed by atoms with Gasteiger partial charge in [0.1, 0.15) is 0 Å². The van der Waals surface area contributed by atoms with E-state index in [1.54, 1.807) is 0 Å². The van der Waals surface area contributed by atoms with Crippen LogP contribution in [0.3, 0.4) is 0 Å². The standard InChI is InChI=1S/C18H30OSi/c1-4-11-20(12-5-2,13-6-3)19-18-14-16-9-7-8-10-17(16)15-18/h7-10,18H,4-6,11-15H2,1-3H3. The molecule has 0 saturated heterocycles. The van der Waals surface area contributed by atoms with Crippen molar-refractivity contribution in [3.05, 3.63) is 35.4 Å². The van der Waals surface area contributed by atoms with Crippen molar-refractivity contribution < 1.29 is 4.43 Å². The molecular formula is C18H30OSi. The predicted molar refractivity (Wildman–Crippen MR) is 89.8 cm³/mol. The summed E-state index contributed by atoms with van der Waals surface area (Å²) in [5.41, 5.74) is 3.04. The first-order chi connectivity index (χ1) is 9.73. The van der Waals surface area contributed by atoms with Crippen LogP contribution in [-0.2, 0) is 17.3 Å². The summed E-state index contributed by atoms with van der Waals surface area (Å²) in [5, 5.41) is 0. The molecule has 0 N–H and O–H groups in total. The van der Waals surface area contributed by atoms with Crippen LogP contribution in [0, 0.1) is 0 Å². The summed E-state index contributed by atoms with van der Waals surface area (Å²) in [5.74, 6) is 0. The lowest BCUT2D eigenvalue weighted by Gasteiger charge is -2.34. The minimum absolute atomic E-state index is 0.462.